The van der Waals surface area contributed by atoms with Gasteiger partial charge in [0.05, 0.1) is 16.9 Å². The van der Waals surface area contributed by atoms with Gasteiger partial charge in [-0.3, -0.25) is 14.3 Å². The topological polar surface area (TPSA) is 103 Å². The zero-order chi connectivity index (χ0) is 22.0. The number of phenolic OH excluding ortho intramolecular Hbond substituents is 1. The molecule has 0 aliphatic rings. The van der Waals surface area contributed by atoms with Gasteiger partial charge in [-0.05, 0) is 50.6 Å². The summed E-state index contributed by atoms with van der Waals surface area (Å²) in [5.74, 6) is -1.42. The fourth-order valence-corrected chi connectivity index (χ4v) is 2.96. The predicted octanol–water partition coefficient (Wildman–Crippen LogP) is 2.68. The number of carbonyl (C=O) groups is 2. The summed E-state index contributed by atoms with van der Waals surface area (Å²) >= 11 is 0. The smallest absolute Gasteiger partial charge is 0.339 e. The van der Waals surface area contributed by atoms with Crippen LogP contribution in [-0.2, 0) is 16.6 Å². The quantitative estimate of drug-likeness (QED) is 0.631. The lowest BCUT2D eigenvalue weighted by atomic mass is 10.1. The molecule has 1 heterocycles. The Bertz CT molecular complexity index is 1160. The molecule has 3 aromatic rings. The second-order valence-electron chi connectivity index (χ2n) is 6.97. The molecule has 0 aliphatic heterocycles. The van der Waals surface area contributed by atoms with E-state index >= 15 is 0 Å². The molecule has 1 amide bonds. The maximum Gasteiger partial charge on any atom is 0.339 e. The second kappa shape index (κ2) is 8.28. The summed E-state index contributed by atoms with van der Waals surface area (Å²) in [7, 11) is 1.71. The van der Waals surface area contributed by atoms with Crippen molar-refractivity contribution in [2.75, 3.05) is 5.32 Å². The number of aromatic nitrogens is 2. The lowest BCUT2D eigenvalue weighted by molar-refractivity contribution is -0.123. The third-order valence-electron chi connectivity index (χ3n) is 4.90. The van der Waals surface area contributed by atoms with Gasteiger partial charge in [-0.2, -0.15) is 0 Å². The minimum absolute atomic E-state index is 0.0390. The van der Waals surface area contributed by atoms with Crippen LogP contribution in [0.1, 0.15) is 28.5 Å². The van der Waals surface area contributed by atoms with Crippen LogP contribution in [0.3, 0.4) is 0 Å². The Hall–Kier alpha value is -3.81. The van der Waals surface area contributed by atoms with Crippen LogP contribution >= 0.6 is 0 Å². The van der Waals surface area contributed by atoms with Crippen LogP contribution < -0.4 is 10.9 Å². The van der Waals surface area contributed by atoms with Gasteiger partial charge in [0.25, 0.3) is 11.5 Å². The van der Waals surface area contributed by atoms with Gasteiger partial charge in [-0.15, -0.1) is 0 Å². The Morgan fingerprint density at radius 2 is 1.77 bits per heavy atom. The van der Waals surface area contributed by atoms with Gasteiger partial charge in [-0.1, -0.05) is 24.3 Å². The first-order valence-corrected chi connectivity index (χ1v) is 9.36. The van der Waals surface area contributed by atoms with E-state index in [0.29, 0.717) is 16.9 Å². The summed E-state index contributed by atoms with van der Waals surface area (Å²) in [5.41, 5.74) is 1.68. The number of ether oxygens (including phenoxy) is 1. The average molecular weight is 409 g/mol. The molecule has 156 valence electrons. The van der Waals surface area contributed by atoms with Gasteiger partial charge in [0.15, 0.2) is 6.10 Å². The number of carbonyl (C=O) groups excluding carboxylic acids is 2. The first kappa shape index (κ1) is 20.9. The molecular formula is C22H23N3O5. The van der Waals surface area contributed by atoms with Crippen molar-refractivity contribution in [3.8, 4) is 11.4 Å². The zero-order valence-corrected chi connectivity index (χ0v) is 17.2. The van der Waals surface area contributed by atoms with E-state index in [1.54, 1.807) is 43.8 Å². The third kappa shape index (κ3) is 3.98. The predicted molar refractivity (Wildman–Crippen MR) is 112 cm³/mol. The standard InChI is InChI=1S/C22H23N3O5/c1-13-10-11-16(12-18(13)26)22(29)30-15(3)20(27)23-19-14(2)24(4)25(21(19)28)17-8-6-5-7-9-17/h5-12,15,26H,1-4H3,(H,23,27)/t15-/m1/s1. The van der Waals surface area contributed by atoms with E-state index in [1.165, 1.54) is 23.7 Å². The third-order valence-corrected chi connectivity index (χ3v) is 4.90. The van der Waals surface area contributed by atoms with Crippen molar-refractivity contribution in [2.24, 2.45) is 7.05 Å². The summed E-state index contributed by atoms with van der Waals surface area (Å²) in [5, 5.41) is 12.3. The lowest BCUT2D eigenvalue weighted by Gasteiger charge is -2.13. The zero-order valence-electron chi connectivity index (χ0n) is 17.2. The lowest BCUT2D eigenvalue weighted by Crippen LogP contribution is -2.32. The van der Waals surface area contributed by atoms with E-state index < -0.39 is 23.5 Å². The van der Waals surface area contributed by atoms with E-state index in [9.17, 15) is 19.5 Å². The van der Waals surface area contributed by atoms with Crippen molar-refractivity contribution >= 4 is 17.6 Å². The summed E-state index contributed by atoms with van der Waals surface area (Å²) in [6, 6.07) is 13.4. The minimum atomic E-state index is -1.15. The van der Waals surface area contributed by atoms with E-state index in [1.807, 2.05) is 18.2 Å². The molecule has 0 radical (unpaired) electrons. The number of benzene rings is 2. The number of anilines is 1. The molecule has 0 bridgehead atoms. The van der Waals surface area contributed by atoms with Crippen LogP contribution in [0.2, 0.25) is 0 Å². The monoisotopic (exact) mass is 409 g/mol. The summed E-state index contributed by atoms with van der Waals surface area (Å²) < 4.78 is 8.27. The number of para-hydroxylation sites is 1. The molecule has 3 rings (SSSR count). The van der Waals surface area contributed by atoms with Crippen molar-refractivity contribution < 1.29 is 19.4 Å². The SMILES string of the molecule is Cc1ccc(C(=O)O[C@H](C)C(=O)Nc2c(C)n(C)n(-c3ccccc3)c2=O)cc1O. The van der Waals surface area contributed by atoms with Gasteiger partial charge >= 0.3 is 5.97 Å². The van der Waals surface area contributed by atoms with E-state index in [0.717, 1.165) is 0 Å². The van der Waals surface area contributed by atoms with Crippen molar-refractivity contribution in [1.29, 1.82) is 0 Å². The normalized spacial score (nSPS) is 11.7. The maximum atomic E-state index is 12.9. The number of aromatic hydroxyl groups is 1. The number of hydrogen-bond acceptors (Lipinski definition) is 5. The molecule has 1 atom stereocenters. The highest BCUT2D eigenvalue weighted by Crippen LogP contribution is 2.19. The number of rotatable bonds is 5. The Labute approximate surface area is 173 Å². The Morgan fingerprint density at radius 3 is 2.40 bits per heavy atom. The van der Waals surface area contributed by atoms with Crippen molar-refractivity contribution in [1.82, 2.24) is 9.36 Å². The molecule has 0 aliphatic carbocycles. The van der Waals surface area contributed by atoms with Crippen molar-refractivity contribution in [2.45, 2.75) is 26.9 Å². The van der Waals surface area contributed by atoms with Crippen LogP contribution in [-0.4, -0.2) is 32.5 Å². The van der Waals surface area contributed by atoms with Crippen molar-refractivity contribution in [3.63, 3.8) is 0 Å². The van der Waals surface area contributed by atoms with Gasteiger partial charge in [0.1, 0.15) is 11.4 Å². The van der Waals surface area contributed by atoms with Crippen LogP contribution in [0.4, 0.5) is 5.69 Å². The van der Waals surface area contributed by atoms with E-state index in [2.05, 4.69) is 5.32 Å². The van der Waals surface area contributed by atoms with E-state index in [-0.39, 0.29) is 17.0 Å². The maximum absolute atomic E-state index is 12.9. The molecule has 0 spiro atoms. The fourth-order valence-electron chi connectivity index (χ4n) is 2.96. The molecule has 0 unspecified atom stereocenters. The second-order valence-corrected chi connectivity index (χ2v) is 6.97. The van der Waals surface area contributed by atoms with Crippen LogP contribution in [0.5, 0.6) is 5.75 Å². The van der Waals surface area contributed by atoms with Crippen LogP contribution in [0.25, 0.3) is 5.69 Å². The highest BCUT2D eigenvalue weighted by Gasteiger charge is 2.23. The highest BCUT2D eigenvalue weighted by atomic mass is 16.5. The number of aryl methyl sites for hydroxylation is 1. The minimum Gasteiger partial charge on any atom is -0.508 e. The van der Waals surface area contributed by atoms with Gasteiger partial charge in [0.2, 0.25) is 0 Å². The Morgan fingerprint density at radius 1 is 1.10 bits per heavy atom. The molecule has 1 aromatic heterocycles. The molecule has 2 aromatic carbocycles. The van der Waals surface area contributed by atoms with Crippen molar-refractivity contribution in [3.05, 3.63) is 75.7 Å². The highest BCUT2D eigenvalue weighted by molar-refractivity contribution is 5.97. The fraction of sp³-hybridized carbons (Fsp3) is 0.227. The number of nitrogens with one attached hydrogen (secondary N) is 1. The Balaban J connectivity index is 1.78. The van der Waals surface area contributed by atoms with Crippen LogP contribution in [0, 0.1) is 13.8 Å². The van der Waals surface area contributed by atoms with Crippen LogP contribution in [0.15, 0.2) is 53.3 Å². The first-order valence-electron chi connectivity index (χ1n) is 9.36. The molecule has 0 saturated carbocycles. The largest absolute Gasteiger partial charge is 0.508 e. The molecule has 0 saturated heterocycles. The Kier molecular flexibility index (Phi) is 5.77. The number of esters is 1. The molecule has 0 fully saturated rings. The van der Waals surface area contributed by atoms with Gasteiger partial charge < -0.3 is 15.2 Å². The summed E-state index contributed by atoms with van der Waals surface area (Å²) in [4.78, 5) is 37.7. The van der Waals surface area contributed by atoms with E-state index in [4.69, 9.17) is 4.74 Å². The molecule has 30 heavy (non-hydrogen) atoms. The molecule has 8 nitrogen and oxygen atoms in total. The average Bonchev–Trinajstić information content (AvgIpc) is 2.93. The number of nitrogens with zero attached hydrogens (tertiary/aromatic N) is 2. The molecule has 2 N–H and O–H groups in total. The summed E-state index contributed by atoms with van der Waals surface area (Å²) in [6.07, 6.45) is -1.15. The number of hydrogen-bond donors (Lipinski definition) is 2. The molecular weight excluding hydrogens is 386 g/mol. The summed E-state index contributed by atoms with van der Waals surface area (Å²) in [6.45, 7) is 4.82. The van der Waals surface area contributed by atoms with Gasteiger partial charge in [-0.25, -0.2) is 9.48 Å². The molecule has 8 heteroatoms. The van der Waals surface area contributed by atoms with Gasteiger partial charge in [0, 0.05) is 7.05 Å². The number of amides is 1. The first-order chi connectivity index (χ1) is 14.2. The number of phenols is 1.